The highest BCUT2D eigenvalue weighted by atomic mass is 16.5. The third-order valence-electron chi connectivity index (χ3n) is 4.48. The first-order valence-electron chi connectivity index (χ1n) is 10.2. The van der Waals surface area contributed by atoms with Crippen LogP contribution in [-0.4, -0.2) is 37.0 Å². The van der Waals surface area contributed by atoms with Crippen molar-refractivity contribution in [3.05, 3.63) is 59.7 Å². The van der Waals surface area contributed by atoms with Crippen molar-refractivity contribution in [2.75, 3.05) is 19.8 Å². The lowest BCUT2D eigenvalue weighted by Crippen LogP contribution is -2.18. The largest absolute Gasteiger partial charge is 0.507 e. The van der Waals surface area contributed by atoms with Gasteiger partial charge in [0, 0.05) is 11.1 Å². The van der Waals surface area contributed by atoms with Gasteiger partial charge in [0.2, 0.25) is 5.75 Å². The summed E-state index contributed by atoms with van der Waals surface area (Å²) in [7, 11) is 0. The Morgan fingerprint density at radius 2 is 1.61 bits per heavy atom. The van der Waals surface area contributed by atoms with Gasteiger partial charge in [0.25, 0.3) is 5.91 Å². The maximum absolute atomic E-state index is 12.7. The van der Waals surface area contributed by atoms with E-state index in [0.29, 0.717) is 48.2 Å². The first-order chi connectivity index (χ1) is 15.1. The molecule has 0 aliphatic heterocycles. The van der Waals surface area contributed by atoms with Crippen molar-refractivity contribution in [1.29, 1.82) is 0 Å². The van der Waals surface area contributed by atoms with Crippen molar-refractivity contribution in [3.8, 4) is 23.0 Å². The lowest BCUT2D eigenvalue weighted by molar-refractivity contribution is 0.0954. The molecule has 1 amide bonds. The van der Waals surface area contributed by atoms with Gasteiger partial charge in [-0.2, -0.15) is 5.10 Å². The Bertz CT molecular complexity index is 1070. The predicted octanol–water partition coefficient (Wildman–Crippen LogP) is 4.51. The molecule has 0 saturated carbocycles. The van der Waals surface area contributed by atoms with Gasteiger partial charge in [-0.1, -0.05) is 30.3 Å². The standard InChI is InChI=1S/C24H26N2O5/c1-4-29-21-13-17(14-22(30-5-2)23(21)31-6-3)24(28)26-25-15-19-18-10-8-7-9-16(18)11-12-20(19)27/h7-15,27H,4-6H2,1-3H3,(H,26,28)/b25-15+. The molecule has 0 aliphatic carbocycles. The number of ether oxygens (including phenoxy) is 3. The average Bonchev–Trinajstić information content (AvgIpc) is 2.77. The van der Waals surface area contributed by atoms with Crippen LogP contribution in [0.3, 0.4) is 0 Å². The van der Waals surface area contributed by atoms with E-state index in [2.05, 4.69) is 10.5 Å². The van der Waals surface area contributed by atoms with E-state index in [4.69, 9.17) is 14.2 Å². The zero-order chi connectivity index (χ0) is 22.2. The van der Waals surface area contributed by atoms with Gasteiger partial charge in [0.05, 0.1) is 26.0 Å². The quantitative estimate of drug-likeness (QED) is 0.391. The van der Waals surface area contributed by atoms with Crippen molar-refractivity contribution in [1.82, 2.24) is 5.43 Å². The molecular formula is C24H26N2O5. The molecule has 0 aliphatic rings. The van der Waals surface area contributed by atoms with Crippen LogP contribution in [0.4, 0.5) is 0 Å². The summed E-state index contributed by atoms with van der Waals surface area (Å²) in [6.45, 7) is 6.83. The number of hydrazone groups is 1. The average molecular weight is 422 g/mol. The van der Waals surface area contributed by atoms with Gasteiger partial charge >= 0.3 is 0 Å². The summed E-state index contributed by atoms with van der Waals surface area (Å²) in [6, 6.07) is 14.2. The van der Waals surface area contributed by atoms with Crippen molar-refractivity contribution in [3.63, 3.8) is 0 Å². The van der Waals surface area contributed by atoms with Gasteiger partial charge in [0.15, 0.2) is 11.5 Å². The molecule has 0 heterocycles. The number of amides is 1. The molecule has 31 heavy (non-hydrogen) atoms. The van der Waals surface area contributed by atoms with E-state index in [0.717, 1.165) is 10.8 Å². The number of phenolic OH excluding ortho intramolecular Hbond substituents is 1. The fourth-order valence-corrected chi connectivity index (χ4v) is 3.16. The lowest BCUT2D eigenvalue weighted by atomic mass is 10.0. The number of fused-ring (bicyclic) bond motifs is 1. The zero-order valence-corrected chi connectivity index (χ0v) is 17.8. The molecule has 2 N–H and O–H groups in total. The minimum Gasteiger partial charge on any atom is -0.507 e. The molecule has 0 unspecified atom stereocenters. The van der Waals surface area contributed by atoms with Crippen LogP contribution in [0.15, 0.2) is 53.6 Å². The Morgan fingerprint density at radius 1 is 0.968 bits per heavy atom. The van der Waals surface area contributed by atoms with E-state index >= 15 is 0 Å². The molecule has 0 spiro atoms. The molecule has 3 rings (SSSR count). The smallest absolute Gasteiger partial charge is 0.271 e. The molecule has 3 aromatic carbocycles. The molecule has 0 atom stereocenters. The molecule has 0 aromatic heterocycles. The summed E-state index contributed by atoms with van der Waals surface area (Å²) in [6.07, 6.45) is 1.43. The number of carbonyl (C=O) groups is 1. The van der Waals surface area contributed by atoms with E-state index in [1.807, 2.05) is 51.1 Å². The molecular weight excluding hydrogens is 396 g/mol. The highest BCUT2D eigenvalue weighted by Crippen LogP contribution is 2.39. The number of benzene rings is 3. The Morgan fingerprint density at radius 3 is 2.26 bits per heavy atom. The Balaban J connectivity index is 1.87. The number of carbonyl (C=O) groups excluding carboxylic acids is 1. The Hall–Kier alpha value is -3.74. The predicted molar refractivity (Wildman–Crippen MR) is 121 cm³/mol. The van der Waals surface area contributed by atoms with Gasteiger partial charge < -0.3 is 19.3 Å². The monoisotopic (exact) mass is 422 g/mol. The van der Waals surface area contributed by atoms with Crippen LogP contribution in [0.1, 0.15) is 36.7 Å². The highest BCUT2D eigenvalue weighted by Gasteiger charge is 2.18. The lowest BCUT2D eigenvalue weighted by Gasteiger charge is -2.16. The molecule has 162 valence electrons. The van der Waals surface area contributed by atoms with Gasteiger partial charge in [0.1, 0.15) is 5.75 Å². The van der Waals surface area contributed by atoms with E-state index in [1.54, 1.807) is 18.2 Å². The summed E-state index contributed by atoms with van der Waals surface area (Å²) < 4.78 is 17.0. The Labute approximate surface area is 181 Å². The van der Waals surface area contributed by atoms with Crippen LogP contribution in [0.2, 0.25) is 0 Å². The molecule has 0 bridgehead atoms. The van der Waals surface area contributed by atoms with Gasteiger partial charge in [-0.05, 0) is 49.7 Å². The highest BCUT2D eigenvalue weighted by molar-refractivity contribution is 6.03. The van der Waals surface area contributed by atoms with Crippen molar-refractivity contribution < 1.29 is 24.1 Å². The fourth-order valence-electron chi connectivity index (χ4n) is 3.16. The summed E-state index contributed by atoms with van der Waals surface area (Å²) in [5.41, 5.74) is 3.33. The number of rotatable bonds is 9. The molecule has 0 radical (unpaired) electrons. The molecule has 7 nitrogen and oxygen atoms in total. The third kappa shape index (κ3) is 5.06. The van der Waals surface area contributed by atoms with Crippen molar-refractivity contribution in [2.45, 2.75) is 20.8 Å². The van der Waals surface area contributed by atoms with Gasteiger partial charge in [-0.15, -0.1) is 0 Å². The number of aromatic hydroxyl groups is 1. The van der Waals surface area contributed by atoms with Crippen LogP contribution in [0.5, 0.6) is 23.0 Å². The summed E-state index contributed by atoms with van der Waals surface area (Å²) in [5, 5.41) is 16.0. The number of phenols is 1. The second-order valence-corrected chi connectivity index (χ2v) is 6.52. The van der Waals surface area contributed by atoms with Crippen LogP contribution >= 0.6 is 0 Å². The topological polar surface area (TPSA) is 89.4 Å². The van der Waals surface area contributed by atoms with Gasteiger partial charge in [-0.25, -0.2) is 5.43 Å². The molecule has 7 heteroatoms. The number of nitrogens with one attached hydrogen (secondary N) is 1. The summed E-state index contributed by atoms with van der Waals surface area (Å²) in [4.78, 5) is 12.7. The van der Waals surface area contributed by atoms with E-state index in [1.165, 1.54) is 6.21 Å². The molecule has 0 fully saturated rings. The minimum atomic E-state index is -0.444. The van der Waals surface area contributed by atoms with Crippen LogP contribution in [0, 0.1) is 0 Å². The third-order valence-corrected chi connectivity index (χ3v) is 4.48. The van der Waals surface area contributed by atoms with Crippen molar-refractivity contribution >= 4 is 22.9 Å². The molecule has 3 aromatic rings. The normalized spacial score (nSPS) is 10.9. The van der Waals surface area contributed by atoms with Crippen LogP contribution in [0.25, 0.3) is 10.8 Å². The van der Waals surface area contributed by atoms with Crippen LogP contribution in [-0.2, 0) is 0 Å². The van der Waals surface area contributed by atoms with Gasteiger partial charge in [-0.3, -0.25) is 4.79 Å². The van der Waals surface area contributed by atoms with E-state index in [-0.39, 0.29) is 5.75 Å². The maximum atomic E-state index is 12.7. The first kappa shape index (κ1) is 22.0. The Kier molecular flexibility index (Phi) is 7.32. The summed E-state index contributed by atoms with van der Waals surface area (Å²) >= 11 is 0. The SMILES string of the molecule is CCOc1cc(C(=O)N/N=C/c2c(O)ccc3ccccc23)cc(OCC)c1OCC. The first-order valence-corrected chi connectivity index (χ1v) is 10.2. The second kappa shape index (κ2) is 10.3. The second-order valence-electron chi connectivity index (χ2n) is 6.52. The zero-order valence-electron chi connectivity index (χ0n) is 17.8. The number of hydrogen-bond acceptors (Lipinski definition) is 6. The minimum absolute atomic E-state index is 0.0787. The van der Waals surface area contributed by atoms with E-state index < -0.39 is 5.91 Å². The van der Waals surface area contributed by atoms with Crippen LogP contribution < -0.4 is 19.6 Å². The number of hydrogen-bond donors (Lipinski definition) is 2. The summed E-state index contributed by atoms with van der Waals surface area (Å²) in [5.74, 6) is 0.954. The fraction of sp³-hybridized carbons (Fsp3) is 0.250. The number of nitrogens with zero attached hydrogens (tertiary/aromatic N) is 1. The van der Waals surface area contributed by atoms with Crippen molar-refractivity contribution in [2.24, 2.45) is 5.10 Å². The van der Waals surface area contributed by atoms with E-state index in [9.17, 15) is 9.90 Å². The molecule has 0 saturated heterocycles. The maximum Gasteiger partial charge on any atom is 0.271 e.